The first kappa shape index (κ1) is 20.1. The predicted molar refractivity (Wildman–Crippen MR) is 103 cm³/mol. The third kappa shape index (κ3) is 5.37. The van der Waals surface area contributed by atoms with Gasteiger partial charge in [-0.15, -0.1) is 0 Å². The van der Waals surface area contributed by atoms with Crippen molar-refractivity contribution in [2.75, 3.05) is 33.2 Å². The molecule has 0 aliphatic rings. The first-order chi connectivity index (χ1) is 13.0. The lowest BCUT2D eigenvalue weighted by Gasteiger charge is -2.14. The molecule has 0 fully saturated rings. The van der Waals surface area contributed by atoms with Gasteiger partial charge in [-0.1, -0.05) is 0 Å². The predicted octanol–water partition coefficient (Wildman–Crippen LogP) is 3.28. The van der Waals surface area contributed by atoms with Crippen LogP contribution in [0.4, 0.5) is 10.5 Å². The van der Waals surface area contributed by atoms with Gasteiger partial charge in [0.25, 0.3) is 0 Å². The number of ketones is 1. The minimum Gasteiger partial charge on any atom is -0.496 e. The van der Waals surface area contributed by atoms with E-state index in [1.165, 1.54) is 6.92 Å². The molecule has 0 spiro atoms. The van der Waals surface area contributed by atoms with Gasteiger partial charge in [0.05, 0.1) is 21.3 Å². The van der Waals surface area contributed by atoms with Gasteiger partial charge in [-0.25, -0.2) is 4.79 Å². The van der Waals surface area contributed by atoms with E-state index in [0.717, 1.165) is 5.56 Å². The Morgan fingerprint density at radius 2 is 1.48 bits per heavy atom. The van der Waals surface area contributed by atoms with Crippen molar-refractivity contribution < 1.29 is 23.8 Å². The number of benzene rings is 2. The van der Waals surface area contributed by atoms with Crippen LogP contribution in [0.25, 0.3) is 0 Å². The number of nitrogens with one attached hydrogen (secondary N) is 2. The highest BCUT2D eigenvalue weighted by atomic mass is 16.5. The summed E-state index contributed by atoms with van der Waals surface area (Å²) in [7, 11) is 4.71. The Balaban J connectivity index is 1.93. The number of amides is 2. The molecular formula is C20H24N2O5. The van der Waals surface area contributed by atoms with Crippen molar-refractivity contribution >= 4 is 17.5 Å². The number of carbonyl (C=O) groups is 2. The Kier molecular flexibility index (Phi) is 7.05. The van der Waals surface area contributed by atoms with Crippen LogP contribution in [0.2, 0.25) is 0 Å². The molecule has 0 bridgehead atoms. The number of anilines is 1. The summed E-state index contributed by atoms with van der Waals surface area (Å²) >= 11 is 0. The van der Waals surface area contributed by atoms with E-state index in [-0.39, 0.29) is 11.8 Å². The van der Waals surface area contributed by atoms with Crippen LogP contribution in [0.3, 0.4) is 0 Å². The van der Waals surface area contributed by atoms with Gasteiger partial charge >= 0.3 is 6.03 Å². The highest BCUT2D eigenvalue weighted by molar-refractivity contribution is 5.95. The number of carbonyl (C=O) groups excluding carboxylic acids is 2. The average Bonchev–Trinajstić information content (AvgIpc) is 2.67. The summed E-state index contributed by atoms with van der Waals surface area (Å²) in [5.41, 5.74) is 2.10. The number of urea groups is 1. The number of hydrogen-bond acceptors (Lipinski definition) is 5. The molecule has 7 nitrogen and oxygen atoms in total. The minimum absolute atomic E-state index is 0.0186. The van der Waals surface area contributed by atoms with E-state index in [2.05, 4.69) is 10.6 Å². The summed E-state index contributed by atoms with van der Waals surface area (Å²) < 4.78 is 15.9. The van der Waals surface area contributed by atoms with Crippen molar-refractivity contribution in [3.63, 3.8) is 0 Å². The zero-order chi connectivity index (χ0) is 19.8. The average molecular weight is 372 g/mol. The van der Waals surface area contributed by atoms with Crippen molar-refractivity contribution in [2.45, 2.75) is 13.3 Å². The van der Waals surface area contributed by atoms with Gasteiger partial charge in [-0.2, -0.15) is 0 Å². The number of ether oxygens (including phenoxy) is 3. The Bertz CT molecular complexity index is 803. The monoisotopic (exact) mass is 372 g/mol. The quantitative estimate of drug-likeness (QED) is 0.695. The van der Waals surface area contributed by atoms with Crippen LogP contribution >= 0.6 is 0 Å². The van der Waals surface area contributed by atoms with E-state index in [9.17, 15) is 9.59 Å². The molecule has 7 heteroatoms. The fourth-order valence-electron chi connectivity index (χ4n) is 2.56. The second-order valence-electron chi connectivity index (χ2n) is 5.78. The summed E-state index contributed by atoms with van der Waals surface area (Å²) in [5.74, 6) is 1.82. The molecule has 0 heterocycles. The Morgan fingerprint density at radius 1 is 0.889 bits per heavy atom. The molecule has 2 aromatic rings. The lowest BCUT2D eigenvalue weighted by molar-refractivity contribution is 0.101. The maximum atomic E-state index is 12.0. The molecule has 0 atom stereocenters. The summed E-state index contributed by atoms with van der Waals surface area (Å²) in [6, 6.07) is 9.98. The molecule has 2 rings (SSSR count). The Hall–Kier alpha value is -3.22. The van der Waals surface area contributed by atoms with Crippen LogP contribution in [0.15, 0.2) is 36.4 Å². The Labute approximate surface area is 158 Å². The first-order valence-corrected chi connectivity index (χ1v) is 8.43. The molecule has 144 valence electrons. The SMILES string of the molecule is COc1cc(OC)c(OC)cc1CCNC(=O)Nc1ccc(C(C)=O)cc1. The van der Waals surface area contributed by atoms with E-state index in [0.29, 0.717) is 41.5 Å². The van der Waals surface area contributed by atoms with Crippen molar-refractivity contribution in [3.05, 3.63) is 47.5 Å². The molecule has 0 unspecified atom stereocenters. The van der Waals surface area contributed by atoms with Gasteiger partial charge < -0.3 is 24.8 Å². The molecule has 0 radical (unpaired) electrons. The van der Waals surface area contributed by atoms with Gasteiger partial charge in [0.15, 0.2) is 17.3 Å². The topological polar surface area (TPSA) is 85.9 Å². The fourth-order valence-corrected chi connectivity index (χ4v) is 2.56. The van der Waals surface area contributed by atoms with Gasteiger partial charge in [0.1, 0.15) is 5.75 Å². The standard InChI is InChI=1S/C20H24N2O5/c1-13(23)14-5-7-16(8-6-14)22-20(24)21-10-9-15-11-18(26-3)19(27-4)12-17(15)25-2/h5-8,11-12H,9-10H2,1-4H3,(H2,21,22,24). The number of rotatable bonds is 8. The summed E-state index contributed by atoms with van der Waals surface area (Å²) in [4.78, 5) is 23.3. The highest BCUT2D eigenvalue weighted by Crippen LogP contribution is 2.34. The normalized spacial score (nSPS) is 10.1. The van der Waals surface area contributed by atoms with Crippen molar-refractivity contribution in [1.82, 2.24) is 5.32 Å². The minimum atomic E-state index is -0.329. The van der Waals surface area contributed by atoms with Crippen molar-refractivity contribution in [3.8, 4) is 17.2 Å². The number of methoxy groups -OCH3 is 3. The van der Waals surface area contributed by atoms with Crippen LogP contribution in [0.1, 0.15) is 22.8 Å². The first-order valence-electron chi connectivity index (χ1n) is 8.43. The number of Topliss-reactive ketones (excluding diaryl/α,β-unsaturated/α-hetero) is 1. The van der Waals surface area contributed by atoms with Gasteiger partial charge in [-0.3, -0.25) is 4.79 Å². The molecule has 2 N–H and O–H groups in total. The van der Waals surface area contributed by atoms with E-state index in [1.807, 2.05) is 6.07 Å². The lowest BCUT2D eigenvalue weighted by atomic mass is 10.1. The smallest absolute Gasteiger partial charge is 0.319 e. The molecule has 0 aromatic heterocycles. The Morgan fingerprint density at radius 3 is 2.04 bits per heavy atom. The second-order valence-corrected chi connectivity index (χ2v) is 5.78. The van der Waals surface area contributed by atoms with E-state index < -0.39 is 0 Å². The van der Waals surface area contributed by atoms with Crippen molar-refractivity contribution in [2.24, 2.45) is 0 Å². The van der Waals surface area contributed by atoms with Crippen LogP contribution in [-0.4, -0.2) is 39.7 Å². The van der Waals surface area contributed by atoms with Gasteiger partial charge in [0, 0.05) is 23.9 Å². The largest absolute Gasteiger partial charge is 0.496 e. The molecule has 2 amide bonds. The molecule has 0 aliphatic heterocycles. The molecule has 27 heavy (non-hydrogen) atoms. The van der Waals surface area contributed by atoms with Gasteiger partial charge in [-0.05, 0) is 49.2 Å². The molecule has 2 aromatic carbocycles. The lowest BCUT2D eigenvalue weighted by Crippen LogP contribution is -2.30. The number of hydrogen-bond donors (Lipinski definition) is 2. The third-order valence-electron chi connectivity index (χ3n) is 4.02. The molecule has 0 aliphatic carbocycles. The maximum absolute atomic E-state index is 12.0. The summed E-state index contributed by atoms with van der Waals surface area (Å²) in [5, 5.41) is 5.52. The summed E-state index contributed by atoms with van der Waals surface area (Å²) in [6.07, 6.45) is 0.556. The summed E-state index contributed by atoms with van der Waals surface area (Å²) in [6.45, 7) is 1.90. The maximum Gasteiger partial charge on any atom is 0.319 e. The van der Waals surface area contributed by atoms with Gasteiger partial charge in [0.2, 0.25) is 0 Å². The molecule has 0 saturated heterocycles. The van der Waals surface area contributed by atoms with Crippen LogP contribution < -0.4 is 24.8 Å². The molecular weight excluding hydrogens is 348 g/mol. The van der Waals surface area contributed by atoms with Crippen LogP contribution in [-0.2, 0) is 6.42 Å². The van der Waals surface area contributed by atoms with Crippen LogP contribution in [0.5, 0.6) is 17.2 Å². The zero-order valence-electron chi connectivity index (χ0n) is 15.9. The zero-order valence-corrected chi connectivity index (χ0v) is 15.9. The van der Waals surface area contributed by atoms with E-state index in [4.69, 9.17) is 14.2 Å². The second kappa shape index (κ2) is 9.47. The fraction of sp³-hybridized carbons (Fsp3) is 0.300. The third-order valence-corrected chi connectivity index (χ3v) is 4.02. The van der Waals surface area contributed by atoms with E-state index in [1.54, 1.807) is 51.7 Å². The highest BCUT2D eigenvalue weighted by Gasteiger charge is 2.12. The molecule has 0 saturated carbocycles. The van der Waals surface area contributed by atoms with Crippen molar-refractivity contribution in [1.29, 1.82) is 0 Å². The van der Waals surface area contributed by atoms with Crippen LogP contribution in [0, 0.1) is 0 Å². The van der Waals surface area contributed by atoms with E-state index >= 15 is 0 Å².